The molecule has 2 aromatic heterocycles. The van der Waals surface area contributed by atoms with Crippen LogP contribution in [0.3, 0.4) is 0 Å². The average molecular weight is 379 g/mol. The molecule has 0 spiro atoms. The van der Waals surface area contributed by atoms with Gasteiger partial charge in [-0.2, -0.15) is 4.68 Å². The fourth-order valence-electron chi connectivity index (χ4n) is 3.07. The number of carbonyl (C=O) groups excluding carboxylic acids is 2. The Hall–Kier alpha value is -3.02. The number of methoxy groups -OCH3 is 1. The molecule has 1 saturated heterocycles. The lowest BCUT2D eigenvalue weighted by atomic mass is 9.98. The van der Waals surface area contributed by atoms with E-state index < -0.39 is 5.97 Å². The molecule has 1 atom stereocenters. The minimum atomic E-state index is -0.634. The largest absolute Gasteiger partial charge is 0.466 e. The third-order valence-electron chi connectivity index (χ3n) is 4.34. The van der Waals surface area contributed by atoms with E-state index in [4.69, 9.17) is 15.2 Å². The van der Waals surface area contributed by atoms with Gasteiger partial charge < -0.3 is 15.2 Å². The number of anilines is 1. The Morgan fingerprint density at radius 1 is 1.37 bits per heavy atom. The lowest BCUT2D eigenvalue weighted by molar-refractivity contribution is -0.150. The van der Waals surface area contributed by atoms with Crippen molar-refractivity contribution in [3.05, 3.63) is 11.4 Å². The van der Waals surface area contributed by atoms with Crippen LogP contribution in [-0.2, 0) is 20.8 Å². The number of hydrogen-bond donors (Lipinski definition) is 1. The highest BCUT2D eigenvalue weighted by Gasteiger charge is 2.30. The molecule has 0 aliphatic carbocycles. The second-order valence-electron chi connectivity index (χ2n) is 6.09. The highest BCUT2D eigenvalue weighted by molar-refractivity contribution is 5.88. The van der Waals surface area contributed by atoms with Gasteiger partial charge in [0.2, 0.25) is 11.6 Å². The van der Waals surface area contributed by atoms with Crippen LogP contribution in [0.15, 0.2) is 4.63 Å². The smallest absolute Gasteiger partial charge is 0.360 e. The molecule has 0 saturated carbocycles. The van der Waals surface area contributed by atoms with Crippen LogP contribution in [0.25, 0.3) is 5.82 Å². The van der Waals surface area contributed by atoms with Gasteiger partial charge in [0.15, 0.2) is 5.69 Å². The van der Waals surface area contributed by atoms with Gasteiger partial charge in [-0.15, -0.1) is 5.10 Å². The second-order valence-corrected chi connectivity index (χ2v) is 6.09. The zero-order chi connectivity index (χ0) is 19.4. The van der Waals surface area contributed by atoms with E-state index in [1.165, 1.54) is 11.8 Å². The van der Waals surface area contributed by atoms with Gasteiger partial charge in [-0.25, -0.2) is 9.42 Å². The number of hydrogen-bond acceptors (Lipinski definition) is 11. The summed E-state index contributed by atoms with van der Waals surface area (Å²) >= 11 is 0. The van der Waals surface area contributed by atoms with Crippen molar-refractivity contribution in [1.82, 2.24) is 30.2 Å². The van der Waals surface area contributed by atoms with Crippen LogP contribution in [0.4, 0.5) is 5.82 Å². The number of piperidine rings is 1. The third-order valence-corrected chi connectivity index (χ3v) is 4.34. The van der Waals surface area contributed by atoms with Crippen LogP contribution in [0.2, 0.25) is 0 Å². The molecule has 1 aliphatic rings. The van der Waals surface area contributed by atoms with Gasteiger partial charge in [-0.1, -0.05) is 5.21 Å². The quantitative estimate of drug-likeness (QED) is 0.664. The standard InChI is InChI=1S/C15H21N7O5/c1-3-26-14(23)9-5-4-6-21(7-9)8-10-11(15(24)25-2)17-20-22(10)13-12(16)18-27-19-13/h9H,3-8H2,1-2H3,(H2,16,18)/t9-/m0/s1. The van der Waals surface area contributed by atoms with Crippen molar-refractivity contribution in [2.75, 3.05) is 32.5 Å². The molecule has 3 rings (SSSR count). The summed E-state index contributed by atoms with van der Waals surface area (Å²) in [6.07, 6.45) is 1.59. The van der Waals surface area contributed by atoms with Gasteiger partial charge in [-0.05, 0) is 36.6 Å². The highest BCUT2D eigenvalue weighted by atomic mass is 16.6. The SMILES string of the molecule is CCOC(=O)[C@H]1CCCN(Cc2c(C(=O)OC)nnn2-c2nonc2N)C1. The molecule has 1 aliphatic heterocycles. The van der Waals surface area contributed by atoms with E-state index in [-0.39, 0.29) is 29.2 Å². The molecule has 0 aromatic carbocycles. The van der Waals surface area contributed by atoms with Crippen molar-refractivity contribution in [2.45, 2.75) is 26.3 Å². The summed E-state index contributed by atoms with van der Waals surface area (Å²) in [6.45, 7) is 3.66. The lowest BCUT2D eigenvalue weighted by Gasteiger charge is -2.31. The molecule has 12 heteroatoms. The van der Waals surface area contributed by atoms with Crippen molar-refractivity contribution in [3.63, 3.8) is 0 Å². The summed E-state index contributed by atoms with van der Waals surface area (Å²) in [4.78, 5) is 26.2. The van der Waals surface area contributed by atoms with E-state index in [0.717, 1.165) is 19.4 Å². The summed E-state index contributed by atoms with van der Waals surface area (Å²) in [5.41, 5.74) is 6.21. The molecule has 0 bridgehead atoms. The number of rotatable bonds is 6. The van der Waals surface area contributed by atoms with Crippen molar-refractivity contribution in [1.29, 1.82) is 0 Å². The van der Waals surface area contributed by atoms with Gasteiger partial charge >= 0.3 is 11.9 Å². The van der Waals surface area contributed by atoms with E-state index in [1.54, 1.807) is 6.92 Å². The normalized spacial score (nSPS) is 17.6. The van der Waals surface area contributed by atoms with E-state index in [1.807, 2.05) is 4.90 Å². The number of carbonyl (C=O) groups is 2. The minimum Gasteiger partial charge on any atom is -0.466 e. The van der Waals surface area contributed by atoms with Gasteiger partial charge in [0.25, 0.3) is 0 Å². The molecular formula is C15H21N7O5. The Balaban J connectivity index is 1.86. The Labute approximate surface area is 154 Å². The van der Waals surface area contributed by atoms with E-state index in [0.29, 0.717) is 25.4 Å². The van der Waals surface area contributed by atoms with Gasteiger partial charge in [-0.3, -0.25) is 9.69 Å². The van der Waals surface area contributed by atoms with E-state index >= 15 is 0 Å². The van der Waals surface area contributed by atoms with E-state index in [2.05, 4.69) is 25.3 Å². The summed E-state index contributed by atoms with van der Waals surface area (Å²) < 4.78 is 15.8. The first-order chi connectivity index (χ1) is 13.0. The summed E-state index contributed by atoms with van der Waals surface area (Å²) in [6, 6.07) is 0. The van der Waals surface area contributed by atoms with Crippen LogP contribution in [-0.4, -0.2) is 69.0 Å². The predicted octanol–water partition coefficient (Wildman–Crippen LogP) is -0.206. The Bertz CT molecular complexity index is 817. The van der Waals surface area contributed by atoms with Crippen molar-refractivity contribution in [3.8, 4) is 5.82 Å². The monoisotopic (exact) mass is 379 g/mol. The van der Waals surface area contributed by atoms with Gasteiger partial charge in [0.05, 0.1) is 25.3 Å². The summed E-state index contributed by atoms with van der Waals surface area (Å²) in [5.74, 6) is -0.923. The van der Waals surface area contributed by atoms with Crippen molar-refractivity contribution < 1.29 is 23.7 Å². The van der Waals surface area contributed by atoms with Gasteiger partial charge in [0.1, 0.15) is 0 Å². The molecule has 3 heterocycles. The first kappa shape index (κ1) is 18.8. The lowest BCUT2D eigenvalue weighted by Crippen LogP contribution is -2.39. The fraction of sp³-hybridized carbons (Fsp3) is 0.600. The first-order valence-electron chi connectivity index (χ1n) is 8.55. The molecule has 27 heavy (non-hydrogen) atoms. The predicted molar refractivity (Wildman–Crippen MR) is 89.6 cm³/mol. The maximum atomic E-state index is 12.1. The number of ether oxygens (including phenoxy) is 2. The molecule has 2 N–H and O–H groups in total. The maximum absolute atomic E-state index is 12.1. The molecule has 146 valence electrons. The van der Waals surface area contributed by atoms with E-state index in [9.17, 15) is 9.59 Å². The third kappa shape index (κ3) is 3.89. The number of nitrogens with zero attached hydrogens (tertiary/aromatic N) is 6. The Morgan fingerprint density at radius 2 is 2.19 bits per heavy atom. The molecule has 0 unspecified atom stereocenters. The van der Waals surface area contributed by atoms with Crippen molar-refractivity contribution >= 4 is 17.8 Å². The number of likely N-dealkylation sites (tertiary alicyclic amines) is 1. The van der Waals surface area contributed by atoms with Crippen molar-refractivity contribution in [2.24, 2.45) is 5.92 Å². The first-order valence-corrected chi connectivity index (χ1v) is 8.55. The molecular weight excluding hydrogens is 358 g/mol. The highest BCUT2D eigenvalue weighted by Crippen LogP contribution is 2.23. The molecule has 0 amide bonds. The second kappa shape index (κ2) is 8.12. The van der Waals surface area contributed by atoms with Crippen LogP contribution in [0.5, 0.6) is 0 Å². The zero-order valence-corrected chi connectivity index (χ0v) is 15.1. The van der Waals surface area contributed by atoms with Crippen LogP contribution >= 0.6 is 0 Å². The average Bonchev–Trinajstić information content (AvgIpc) is 3.27. The molecule has 1 fully saturated rings. The molecule has 0 radical (unpaired) electrons. The van der Waals surface area contributed by atoms with Crippen LogP contribution in [0.1, 0.15) is 35.9 Å². The Morgan fingerprint density at radius 3 is 2.85 bits per heavy atom. The van der Waals surface area contributed by atoms with Crippen LogP contribution < -0.4 is 5.73 Å². The van der Waals surface area contributed by atoms with Gasteiger partial charge in [0, 0.05) is 13.1 Å². The maximum Gasteiger partial charge on any atom is 0.360 e. The number of esters is 2. The molecule has 2 aromatic rings. The summed E-state index contributed by atoms with van der Waals surface area (Å²) in [7, 11) is 1.26. The number of nitrogens with two attached hydrogens (primary N) is 1. The van der Waals surface area contributed by atoms with Crippen LogP contribution in [0, 0.1) is 5.92 Å². The fourth-order valence-corrected chi connectivity index (χ4v) is 3.07. The zero-order valence-electron chi connectivity index (χ0n) is 15.1. The number of aromatic nitrogens is 5. The summed E-state index contributed by atoms with van der Waals surface area (Å²) in [5, 5.41) is 15.1. The Kier molecular flexibility index (Phi) is 5.64. The topological polar surface area (TPSA) is 151 Å². The molecule has 12 nitrogen and oxygen atoms in total. The number of nitrogen functional groups attached to an aromatic ring is 1. The minimum absolute atomic E-state index is 0.0145.